The van der Waals surface area contributed by atoms with Crippen molar-refractivity contribution < 1.29 is 0 Å². The lowest BCUT2D eigenvalue weighted by molar-refractivity contribution is 0.277. The second kappa shape index (κ2) is 3.28. The van der Waals surface area contributed by atoms with E-state index in [1.165, 1.54) is 0 Å². The summed E-state index contributed by atoms with van der Waals surface area (Å²) < 4.78 is 0. The van der Waals surface area contributed by atoms with Gasteiger partial charge in [0.05, 0.1) is 5.54 Å². The molecule has 0 aliphatic heterocycles. The lowest BCUT2D eigenvalue weighted by Crippen LogP contribution is -2.55. The van der Waals surface area contributed by atoms with Gasteiger partial charge < -0.3 is 11.5 Å². The van der Waals surface area contributed by atoms with E-state index in [1.807, 2.05) is 24.3 Å². The van der Waals surface area contributed by atoms with Crippen LogP contribution in [0.4, 0.5) is 0 Å². The highest BCUT2D eigenvalue weighted by Gasteiger charge is 2.33. The first-order chi connectivity index (χ1) is 5.83. The van der Waals surface area contributed by atoms with Crippen molar-refractivity contribution in [3.05, 3.63) is 24.3 Å². The molecule has 2 nitrogen and oxygen atoms in total. The van der Waals surface area contributed by atoms with Gasteiger partial charge in [0.25, 0.3) is 0 Å². The van der Waals surface area contributed by atoms with Crippen molar-refractivity contribution >= 4 is 0 Å². The molecule has 0 amide bonds. The van der Waals surface area contributed by atoms with E-state index in [9.17, 15) is 0 Å². The van der Waals surface area contributed by atoms with Gasteiger partial charge in [0.2, 0.25) is 0 Å². The van der Waals surface area contributed by atoms with Crippen LogP contribution >= 0.6 is 0 Å². The first-order valence-corrected chi connectivity index (χ1v) is 4.74. The van der Waals surface area contributed by atoms with Crippen molar-refractivity contribution in [1.29, 1.82) is 0 Å². The third-order valence-electron chi connectivity index (χ3n) is 2.29. The molecule has 0 radical (unpaired) electrons. The fourth-order valence-corrected chi connectivity index (χ4v) is 1.80. The Balaban J connectivity index is 2.76. The summed E-state index contributed by atoms with van der Waals surface area (Å²) >= 11 is 0. The number of hydrogen-bond acceptors (Lipinski definition) is 2. The van der Waals surface area contributed by atoms with Gasteiger partial charge in [-0.15, -0.1) is 0 Å². The highest BCUT2D eigenvalue weighted by Crippen LogP contribution is 2.30. The molecule has 4 N–H and O–H groups in total. The van der Waals surface area contributed by atoms with Crippen LogP contribution in [0.1, 0.15) is 27.2 Å². The van der Waals surface area contributed by atoms with E-state index in [0.717, 1.165) is 6.42 Å². The summed E-state index contributed by atoms with van der Waals surface area (Å²) in [5, 5.41) is 0. The number of allylic oxidation sites excluding steroid dienone is 2. The molecule has 0 fully saturated rings. The minimum atomic E-state index is -0.368. The maximum absolute atomic E-state index is 6.23. The van der Waals surface area contributed by atoms with Gasteiger partial charge in [-0.25, -0.2) is 0 Å². The van der Waals surface area contributed by atoms with Crippen LogP contribution in [0, 0.1) is 5.41 Å². The summed E-state index contributed by atoms with van der Waals surface area (Å²) in [7, 11) is 0. The summed E-state index contributed by atoms with van der Waals surface area (Å²) in [5.41, 5.74) is 12.0. The summed E-state index contributed by atoms with van der Waals surface area (Å²) in [4.78, 5) is 0. The van der Waals surface area contributed by atoms with Crippen LogP contribution in [0.5, 0.6) is 0 Å². The Morgan fingerprint density at radius 2 is 1.92 bits per heavy atom. The van der Waals surface area contributed by atoms with E-state index < -0.39 is 0 Å². The molecule has 2 atom stereocenters. The van der Waals surface area contributed by atoms with Crippen molar-refractivity contribution in [3.63, 3.8) is 0 Å². The van der Waals surface area contributed by atoms with Crippen molar-refractivity contribution in [3.8, 4) is 0 Å². The van der Waals surface area contributed by atoms with Gasteiger partial charge in [-0.1, -0.05) is 45.1 Å². The molecule has 2 heteroatoms. The molecule has 0 heterocycles. The molecule has 0 aromatic carbocycles. The van der Waals surface area contributed by atoms with E-state index in [1.54, 1.807) is 0 Å². The molecule has 0 aromatic heterocycles. The maximum Gasteiger partial charge on any atom is 0.0537 e. The van der Waals surface area contributed by atoms with E-state index in [2.05, 4.69) is 20.8 Å². The Bertz CT molecular complexity index is 235. The fourth-order valence-electron chi connectivity index (χ4n) is 1.80. The molecule has 0 bridgehead atoms. The zero-order valence-electron chi connectivity index (χ0n) is 8.75. The molecular formula is C11H20N2. The molecule has 0 spiro atoms. The Morgan fingerprint density at radius 1 is 1.31 bits per heavy atom. The second-order valence-corrected chi connectivity index (χ2v) is 5.12. The van der Waals surface area contributed by atoms with Gasteiger partial charge in [-0.3, -0.25) is 0 Å². The minimum Gasteiger partial charge on any atom is -0.323 e. The van der Waals surface area contributed by atoms with Gasteiger partial charge in [-0.05, 0) is 11.8 Å². The molecule has 1 rings (SSSR count). The third-order valence-corrected chi connectivity index (χ3v) is 2.29. The van der Waals surface area contributed by atoms with Crippen LogP contribution in [-0.2, 0) is 0 Å². The Kier molecular flexibility index (Phi) is 2.64. The summed E-state index contributed by atoms with van der Waals surface area (Å²) in [5.74, 6) is 0. The molecular weight excluding hydrogens is 160 g/mol. The van der Waals surface area contributed by atoms with Gasteiger partial charge in [0, 0.05) is 6.04 Å². The quantitative estimate of drug-likeness (QED) is 0.643. The third kappa shape index (κ3) is 2.68. The fraction of sp³-hybridized carbons (Fsp3) is 0.636. The Labute approximate surface area is 80.7 Å². The van der Waals surface area contributed by atoms with Gasteiger partial charge in [0.15, 0.2) is 0 Å². The monoisotopic (exact) mass is 180 g/mol. The standard InChI is InChI=1S/C11H20N2/c1-10(2,3)8-11(13)7-5-4-6-9(11)12/h4-7,9H,8,12-13H2,1-3H3. The van der Waals surface area contributed by atoms with Crippen LogP contribution in [-0.4, -0.2) is 11.6 Å². The zero-order chi connectivity index (χ0) is 10.1. The molecule has 2 unspecified atom stereocenters. The topological polar surface area (TPSA) is 52.0 Å². The summed E-state index contributed by atoms with van der Waals surface area (Å²) in [6, 6.07) is -0.0586. The average Bonchev–Trinajstić information content (AvgIpc) is 1.92. The molecule has 0 saturated heterocycles. The Morgan fingerprint density at radius 3 is 2.38 bits per heavy atom. The van der Waals surface area contributed by atoms with Gasteiger partial charge >= 0.3 is 0 Å². The largest absolute Gasteiger partial charge is 0.323 e. The first-order valence-electron chi connectivity index (χ1n) is 4.74. The molecule has 0 saturated carbocycles. The summed E-state index contributed by atoms with van der Waals surface area (Å²) in [6.07, 6.45) is 8.82. The number of nitrogens with two attached hydrogens (primary N) is 2. The Hall–Kier alpha value is -0.600. The first kappa shape index (κ1) is 10.5. The predicted octanol–water partition coefficient (Wildman–Crippen LogP) is 1.57. The van der Waals surface area contributed by atoms with Crippen LogP contribution in [0.2, 0.25) is 0 Å². The van der Waals surface area contributed by atoms with Crippen molar-refractivity contribution in [2.45, 2.75) is 38.8 Å². The molecule has 1 aliphatic rings. The van der Waals surface area contributed by atoms with E-state index in [4.69, 9.17) is 11.5 Å². The lowest BCUT2D eigenvalue weighted by Gasteiger charge is -2.37. The van der Waals surface area contributed by atoms with Crippen molar-refractivity contribution in [2.24, 2.45) is 16.9 Å². The van der Waals surface area contributed by atoms with Crippen LogP contribution in [0.25, 0.3) is 0 Å². The van der Waals surface area contributed by atoms with Crippen LogP contribution < -0.4 is 11.5 Å². The smallest absolute Gasteiger partial charge is 0.0537 e. The van der Waals surface area contributed by atoms with Crippen LogP contribution in [0.3, 0.4) is 0 Å². The number of rotatable bonds is 1. The second-order valence-electron chi connectivity index (χ2n) is 5.12. The van der Waals surface area contributed by atoms with E-state index >= 15 is 0 Å². The highest BCUT2D eigenvalue weighted by atomic mass is 14.8. The van der Waals surface area contributed by atoms with Crippen molar-refractivity contribution in [1.82, 2.24) is 0 Å². The van der Waals surface area contributed by atoms with Crippen molar-refractivity contribution in [2.75, 3.05) is 0 Å². The molecule has 74 valence electrons. The predicted molar refractivity (Wildman–Crippen MR) is 57.2 cm³/mol. The highest BCUT2D eigenvalue weighted by molar-refractivity contribution is 5.26. The molecule has 0 aromatic rings. The SMILES string of the molecule is CC(C)(C)CC1(N)C=CC=CC1N. The zero-order valence-corrected chi connectivity index (χ0v) is 8.75. The van der Waals surface area contributed by atoms with Gasteiger partial charge in [-0.2, -0.15) is 0 Å². The molecule has 13 heavy (non-hydrogen) atoms. The minimum absolute atomic E-state index is 0.0586. The van der Waals surface area contributed by atoms with E-state index in [-0.39, 0.29) is 17.0 Å². The normalized spacial score (nSPS) is 33.8. The molecule has 1 aliphatic carbocycles. The number of hydrogen-bond donors (Lipinski definition) is 2. The van der Waals surface area contributed by atoms with E-state index in [0.29, 0.717) is 0 Å². The average molecular weight is 180 g/mol. The maximum atomic E-state index is 6.23. The van der Waals surface area contributed by atoms with Gasteiger partial charge in [0.1, 0.15) is 0 Å². The lowest BCUT2D eigenvalue weighted by atomic mass is 9.75. The van der Waals surface area contributed by atoms with Crippen LogP contribution in [0.15, 0.2) is 24.3 Å². The summed E-state index contributed by atoms with van der Waals surface area (Å²) in [6.45, 7) is 6.54.